The lowest BCUT2D eigenvalue weighted by Crippen LogP contribution is -2.37. The van der Waals surface area contributed by atoms with E-state index < -0.39 is 12.6 Å². The van der Waals surface area contributed by atoms with Crippen LogP contribution in [0.4, 0.5) is 13.2 Å². The van der Waals surface area contributed by atoms with Crippen LogP contribution in [-0.4, -0.2) is 35.5 Å². The van der Waals surface area contributed by atoms with Crippen molar-refractivity contribution in [2.24, 2.45) is 0 Å². The molecule has 1 aliphatic rings. The molecule has 0 aromatic rings. The van der Waals surface area contributed by atoms with Crippen molar-refractivity contribution in [3.63, 3.8) is 0 Å². The quantitative estimate of drug-likeness (QED) is 0.710. The molecule has 1 fully saturated rings. The smallest absolute Gasteiger partial charge is 0.300 e. The summed E-state index contributed by atoms with van der Waals surface area (Å²) in [5.41, 5.74) is 0. The van der Waals surface area contributed by atoms with Gasteiger partial charge in [-0.3, -0.25) is 4.90 Å². The summed E-state index contributed by atoms with van der Waals surface area (Å²) in [6, 6.07) is 0.427. The molecule has 0 aromatic heterocycles. The highest BCUT2D eigenvalue weighted by Crippen LogP contribution is 2.23. The van der Waals surface area contributed by atoms with Crippen molar-refractivity contribution in [1.82, 2.24) is 4.90 Å². The first kappa shape index (κ1) is 14.3. The molecular weight excluding hydrogens is 283 g/mol. The Morgan fingerprint density at radius 3 is 2.56 bits per heavy atom. The van der Waals surface area contributed by atoms with Crippen molar-refractivity contribution < 1.29 is 13.2 Å². The predicted molar refractivity (Wildman–Crippen MR) is 62.9 cm³/mol. The van der Waals surface area contributed by atoms with Crippen molar-refractivity contribution in [3.05, 3.63) is 0 Å². The molecule has 1 saturated heterocycles. The summed E-state index contributed by atoms with van der Waals surface area (Å²) in [7, 11) is 0. The molecule has 0 saturated carbocycles. The third kappa shape index (κ3) is 5.53. The molecule has 96 valence electrons. The average Bonchev–Trinajstić information content (AvgIpc) is 2.41. The van der Waals surface area contributed by atoms with Gasteiger partial charge in [0.05, 0.1) is 0 Å². The van der Waals surface area contributed by atoms with E-state index in [2.05, 4.69) is 20.8 Å². The Morgan fingerprint density at radius 2 is 1.94 bits per heavy atom. The van der Waals surface area contributed by atoms with E-state index in [1.165, 1.54) is 12.8 Å². The predicted octanol–water partition coefficient (Wildman–Crippen LogP) is 3.97. The molecule has 1 unspecified atom stereocenters. The minimum Gasteiger partial charge on any atom is -0.300 e. The summed E-state index contributed by atoms with van der Waals surface area (Å²) in [5, 5.41) is 0.874. The van der Waals surface area contributed by atoms with E-state index in [1.54, 1.807) is 0 Å². The van der Waals surface area contributed by atoms with Crippen molar-refractivity contribution in [1.29, 1.82) is 0 Å². The maximum atomic E-state index is 12.0. The van der Waals surface area contributed by atoms with Crippen molar-refractivity contribution in [2.75, 3.05) is 18.4 Å². The SMILES string of the molecule is FC(F)(F)CCCN1CCCCCC1CBr. The molecule has 0 spiro atoms. The van der Waals surface area contributed by atoms with Crippen molar-refractivity contribution in [2.45, 2.75) is 50.7 Å². The van der Waals surface area contributed by atoms with Gasteiger partial charge >= 0.3 is 6.18 Å². The normalized spacial score (nSPS) is 24.4. The number of halogens is 4. The number of hydrogen-bond acceptors (Lipinski definition) is 1. The summed E-state index contributed by atoms with van der Waals surface area (Å²) >= 11 is 3.45. The van der Waals surface area contributed by atoms with Crippen LogP contribution in [0, 0.1) is 0 Å². The number of nitrogens with zero attached hydrogens (tertiary/aromatic N) is 1. The van der Waals surface area contributed by atoms with Crippen LogP contribution in [-0.2, 0) is 0 Å². The van der Waals surface area contributed by atoms with E-state index in [4.69, 9.17) is 0 Å². The highest BCUT2D eigenvalue weighted by atomic mass is 79.9. The van der Waals surface area contributed by atoms with Gasteiger partial charge < -0.3 is 0 Å². The molecule has 1 rings (SSSR count). The highest BCUT2D eigenvalue weighted by Gasteiger charge is 2.27. The van der Waals surface area contributed by atoms with Gasteiger partial charge in [0.1, 0.15) is 0 Å². The van der Waals surface area contributed by atoms with Crippen LogP contribution in [0.15, 0.2) is 0 Å². The third-order valence-corrected chi connectivity index (χ3v) is 3.83. The van der Waals surface area contributed by atoms with Gasteiger partial charge in [-0.25, -0.2) is 0 Å². The average molecular weight is 302 g/mol. The molecule has 16 heavy (non-hydrogen) atoms. The first-order chi connectivity index (χ1) is 7.53. The van der Waals surface area contributed by atoms with Crippen LogP contribution < -0.4 is 0 Å². The van der Waals surface area contributed by atoms with Gasteiger partial charge in [-0.2, -0.15) is 13.2 Å². The Bertz CT molecular complexity index is 196. The largest absolute Gasteiger partial charge is 0.389 e. The van der Waals surface area contributed by atoms with Crippen LogP contribution in [0.3, 0.4) is 0 Å². The lowest BCUT2D eigenvalue weighted by atomic mass is 10.1. The second-order valence-corrected chi connectivity index (χ2v) is 5.06. The topological polar surface area (TPSA) is 3.24 Å². The van der Waals surface area contributed by atoms with Gasteiger partial charge in [-0.15, -0.1) is 0 Å². The molecular formula is C11H19BrF3N. The van der Waals surface area contributed by atoms with Crippen molar-refractivity contribution >= 4 is 15.9 Å². The van der Waals surface area contributed by atoms with E-state index in [0.717, 1.165) is 24.7 Å². The Morgan fingerprint density at radius 1 is 1.19 bits per heavy atom. The molecule has 5 heteroatoms. The standard InChI is InChI=1S/C11H19BrF3N/c12-9-10-5-2-1-3-7-16(10)8-4-6-11(13,14)15/h10H,1-9H2. The fourth-order valence-corrected chi connectivity index (χ4v) is 2.92. The van der Waals surface area contributed by atoms with E-state index in [0.29, 0.717) is 12.6 Å². The van der Waals surface area contributed by atoms with Gasteiger partial charge in [-0.1, -0.05) is 28.8 Å². The summed E-state index contributed by atoms with van der Waals surface area (Å²) in [6.45, 7) is 1.53. The third-order valence-electron chi connectivity index (χ3n) is 3.08. The molecule has 1 aliphatic heterocycles. The maximum Gasteiger partial charge on any atom is 0.389 e. The molecule has 0 amide bonds. The fraction of sp³-hybridized carbons (Fsp3) is 1.00. The van der Waals surface area contributed by atoms with E-state index >= 15 is 0 Å². The second kappa shape index (κ2) is 6.84. The van der Waals surface area contributed by atoms with Gasteiger partial charge in [-0.05, 0) is 32.4 Å². The molecule has 0 aromatic carbocycles. The summed E-state index contributed by atoms with van der Waals surface area (Å²) in [6.07, 6.45) is 0.208. The number of alkyl halides is 4. The number of rotatable bonds is 4. The second-order valence-electron chi connectivity index (χ2n) is 4.41. The zero-order valence-electron chi connectivity index (χ0n) is 9.40. The maximum absolute atomic E-state index is 12.0. The molecule has 1 heterocycles. The zero-order chi connectivity index (χ0) is 12.0. The van der Waals surface area contributed by atoms with Crippen LogP contribution in [0.2, 0.25) is 0 Å². The lowest BCUT2D eigenvalue weighted by Gasteiger charge is -2.28. The van der Waals surface area contributed by atoms with Gasteiger partial charge in [0.2, 0.25) is 0 Å². The van der Waals surface area contributed by atoms with Crippen LogP contribution in [0.5, 0.6) is 0 Å². The first-order valence-electron chi connectivity index (χ1n) is 5.89. The molecule has 0 aliphatic carbocycles. The number of hydrogen-bond donors (Lipinski definition) is 0. The monoisotopic (exact) mass is 301 g/mol. The van der Waals surface area contributed by atoms with E-state index in [9.17, 15) is 13.2 Å². The van der Waals surface area contributed by atoms with Gasteiger partial charge in [0.25, 0.3) is 0 Å². The van der Waals surface area contributed by atoms with Crippen molar-refractivity contribution in [3.8, 4) is 0 Å². The van der Waals surface area contributed by atoms with Gasteiger partial charge in [0.15, 0.2) is 0 Å². The van der Waals surface area contributed by atoms with Crippen LogP contribution in [0.25, 0.3) is 0 Å². The lowest BCUT2D eigenvalue weighted by molar-refractivity contribution is -0.136. The Hall–Kier alpha value is 0.230. The van der Waals surface area contributed by atoms with Gasteiger partial charge in [0, 0.05) is 17.8 Å². The summed E-state index contributed by atoms with van der Waals surface area (Å²) in [5.74, 6) is 0. The highest BCUT2D eigenvalue weighted by molar-refractivity contribution is 9.09. The van der Waals surface area contributed by atoms with E-state index in [1.807, 2.05) is 0 Å². The first-order valence-corrected chi connectivity index (χ1v) is 7.02. The molecule has 0 radical (unpaired) electrons. The summed E-state index contributed by atoms with van der Waals surface area (Å²) in [4.78, 5) is 2.22. The number of likely N-dealkylation sites (tertiary alicyclic amines) is 1. The summed E-state index contributed by atoms with van der Waals surface area (Å²) < 4.78 is 36.1. The van der Waals surface area contributed by atoms with Crippen LogP contribution in [0.1, 0.15) is 38.5 Å². The molecule has 0 bridgehead atoms. The molecule has 1 nitrogen and oxygen atoms in total. The minimum absolute atomic E-state index is 0.229. The Labute approximate surface area is 104 Å². The fourth-order valence-electron chi connectivity index (χ4n) is 2.19. The Kier molecular flexibility index (Phi) is 6.11. The molecule has 1 atom stereocenters. The molecule has 0 N–H and O–H groups in total. The van der Waals surface area contributed by atoms with Crippen LogP contribution >= 0.6 is 15.9 Å². The minimum atomic E-state index is -4.00. The van der Waals surface area contributed by atoms with E-state index in [-0.39, 0.29) is 6.42 Å². The zero-order valence-corrected chi connectivity index (χ0v) is 11.0. The Balaban J connectivity index is 2.31.